The number of pyridine rings is 1. The van der Waals surface area contributed by atoms with Crippen molar-refractivity contribution < 1.29 is 13.7 Å². The van der Waals surface area contributed by atoms with Gasteiger partial charge < -0.3 is 10.1 Å². The van der Waals surface area contributed by atoms with E-state index in [1.807, 2.05) is 36.4 Å². The molecule has 1 unspecified atom stereocenters. The predicted molar refractivity (Wildman–Crippen MR) is 105 cm³/mol. The third kappa shape index (κ3) is 5.49. The molecule has 0 radical (unpaired) electrons. The summed E-state index contributed by atoms with van der Waals surface area (Å²) in [5.41, 5.74) is 2.52. The van der Waals surface area contributed by atoms with Crippen LogP contribution in [0.1, 0.15) is 21.5 Å². The highest BCUT2D eigenvalue weighted by Crippen LogP contribution is 2.14. The van der Waals surface area contributed by atoms with Gasteiger partial charge in [0.15, 0.2) is 0 Å². The summed E-state index contributed by atoms with van der Waals surface area (Å²) in [6, 6.07) is 18.2. The molecule has 0 bridgehead atoms. The lowest BCUT2D eigenvalue weighted by molar-refractivity contribution is 0.0951. The Morgan fingerprint density at radius 3 is 2.41 bits per heavy atom. The van der Waals surface area contributed by atoms with Gasteiger partial charge in [0.2, 0.25) is 0 Å². The second kappa shape index (κ2) is 9.09. The van der Waals surface area contributed by atoms with Gasteiger partial charge in [0.1, 0.15) is 12.4 Å². The van der Waals surface area contributed by atoms with Crippen LogP contribution in [0.2, 0.25) is 0 Å². The van der Waals surface area contributed by atoms with Crippen molar-refractivity contribution in [2.45, 2.75) is 18.0 Å². The van der Waals surface area contributed by atoms with Gasteiger partial charge in [-0.2, -0.15) is 0 Å². The average molecular weight is 380 g/mol. The van der Waals surface area contributed by atoms with Crippen LogP contribution in [0.25, 0.3) is 0 Å². The number of nitrogens with one attached hydrogen (secondary N) is 1. The molecule has 1 atom stereocenters. The van der Waals surface area contributed by atoms with Crippen molar-refractivity contribution in [3.63, 3.8) is 0 Å². The standard InChI is InChI=1S/C21H20N2O3S/c1-27(25)20-10-6-18(7-11-20)21(24)23-14-16-4-8-19(9-5-16)26-15-17-3-2-12-22-13-17/h2-13H,14-15H2,1H3,(H,23,24). The van der Waals surface area contributed by atoms with Crippen molar-refractivity contribution in [2.75, 3.05) is 6.26 Å². The minimum atomic E-state index is -1.05. The van der Waals surface area contributed by atoms with Gasteiger partial charge in [-0.25, -0.2) is 0 Å². The van der Waals surface area contributed by atoms with Gasteiger partial charge in [0.25, 0.3) is 5.91 Å². The second-order valence-corrected chi connectivity index (χ2v) is 7.33. The summed E-state index contributed by atoms with van der Waals surface area (Å²) in [6.45, 7) is 0.881. The van der Waals surface area contributed by atoms with Crippen molar-refractivity contribution >= 4 is 16.7 Å². The maximum atomic E-state index is 12.2. The summed E-state index contributed by atoms with van der Waals surface area (Å²) in [5.74, 6) is 0.595. The van der Waals surface area contributed by atoms with Crippen molar-refractivity contribution in [2.24, 2.45) is 0 Å². The Hall–Kier alpha value is -2.99. The minimum absolute atomic E-state index is 0.166. The van der Waals surface area contributed by atoms with E-state index in [-0.39, 0.29) is 5.91 Å². The maximum absolute atomic E-state index is 12.2. The molecule has 138 valence electrons. The van der Waals surface area contributed by atoms with E-state index >= 15 is 0 Å². The number of rotatable bonds is 7. The lowest BCUT2D eigenvalue weighted by atomic mass is 10.2. The number of hydrogen-bond donors (Lipinski definition) is 1. The topological polar surface area (TPSA) is 68.3 Å². The molecule has 1 heterocycles. The Morgan fingerprint density at radius 2 is 1.78 bits per heavy atom. The first-order valence-electron chi connectivity index (χ1n) is 8.44. The zero-order valence-electron chi connectivity index (χ0n) is 14.9. The van der Waals surface area contributed by atoms with Crippen LogP contribution in [0.5, 0.6) is 5.75 Å². The van der Waals surface area contributed by atoms with E-state index in [1.54, 1.807) is 42.9 Å². The van der Waals surface area contributed by atoms with Crippen LogP contribution in [0, 0.1) is 0 Å². The first kappa shape index (κ1) is 18.8. The summed E-state index contributed by atoms with van der Waals surface area (Å²) in [6.07, 6.45) is 5.11. The van der Waals surface area contributed by atoms with Crippen LogP contribution in [0.15, 0.2) is 78.0 Å². The van der Waals surface area contributed by atoms with Crippen LogP contribution in [-0.2, 0) is 24.0 Å². The summed E-state index contributed by atoms with van der Waals surface area (Å²) in [4.78, 5) is 17.0. The fraction of sp³-hybridized carbons (Fsp3) is 0.143. The molecular weight excluding hydrogens is 360 g/mol. The number of hydrogen-bond acceptors (Lipinski definition) is 4. The van der Waals surface area contributed by atoms with Crippen LogP contribution in [0.4, 0.5) is 0 Å². The molecule has 3 aromatic rings. The van der Waals surface area contributed by atoms with E-state index in [2.05, 4.69) is 10.3 Å². The molecule has 0 spiro atoms. The summed E-state index contributed by atoms with van der Waals surface area (Å²) in [5, 5.41) is 2.88. The van der Waals surface area contributed by atoms with Crippen molar-refractivity contribution in [3.8, 4) is 5.75 Å². The van der Waals surface area contributed by atoms with Crippen LogP contribution in [0.3, 0.4) is 0 Å². The smallest absolute Gasteiger partial charge is 0.251 e. The Labute approximate surface area is 160 Å². The Morgan fingerprint density at radius 1 is 1.04 bits per heavy atom. The van der Waals surface area contributed by atoms with Crippen LogP contribution < -0.4 is 10.1 Å². The van der Waals surface area contributed by atoms with E-state index in [9.17, 15) is 9.00 Å². The third-order valence-electron chi connectivity index (χ3n) is 3.95. The normalized spacial score (nSPS) is 11.6. The van der Waals surface area contributed by atoms with Crippen molar-refractivity contribution in [1.82, 2.24) is 10.3 Å². The van der Waals surface area contributed by atoms with Crippen molar-refractivity contribution in [1.29, 1.82) is 0 Å². The third-order valence-corrected chi connectivity index (χ3v) is 4.89. The van der Waals surface area contributed by atoms with E-state index in [4.69, 9.17) is 4.74 Å². The molecule has 2 aromatic carbocycles. The van der Waals surface area contributed by atoms with Gasteiger partial charge in [-0.15, -0.1) is 0 Å². The molecule has 0 aliphatic carbocycles. The molecule has 27 heavy (non-hydrogen) atoms. The first-order valence-corrected chi connectivity index (χ1v) is 10.00. The molecule has 0 aliphatic rings. The molecule has 6 heteroatoms. The first-order chi connectivity index (χ1) is 13.1. The van der Waals surface area contributed by atoms with Crippen LogP contribution >= 0.6 is 0 Å². The highest BCUT2D eigenvalue weighted by Gasteiger charge is 2.06. The Kier molecular flexibility index (Phi) is 6.33. The fourth-order valence-electron chi connectivity index (χ4n) is 2.44. The number of aromatic nitrogens is 1. The highest BCUT2D eigenvalue weighted by atomic mass is 32.2. The molecule has 1 N–H and O–H groups in total. The summed E-state index contributed by atoms with van der Waals surface area (Å²) < 4.78 is 17.1. The number of carbonyl (C=O) groups is 1. The zero-order valence-corrected chi connectivity index (χ0v) is 15.7. The number of benzene rings is 2. The number of amides is 1. The van der Waals surface area contributed by atoms with Gasteiger partial charge >= 0.3 is 0 Å². The van der Waals surface area contributed by atoms with E-state index in [0.29, 0.717) is 23.6 Å². The fourth-order valence-corrected chi connectivity index (χ4v) is 2.96. The Bertz CT molecular complexity index is 910. The second-order valence-electron chi connectivity index (χ2n) is 5.96. The highest BCUT2D eigenvalue weighted by molar-refractivity contribution is 7.84. The molecule has 5 nitrogen and oxygen atoms in total. The van der Waals surface area contributed by atoms with Crippen LogP contribution in [-0.4, -0.2) is 21.4 Å². The molecule has 1 amide bonds. The quantitative estimate of drug-likeness (QED) is 0.683. The number of ether oxygens (including phenoxy) is 1. The monoisotopic (exact) mass is 380 g/mol. The zero-order chi connectivity index (χ0) is 19.1. The maximum Gasteiger partial charge on any atom is 0.251 e. The van der Waals surface area contributed by atoms with Gasteiger partial charge in [-0.3, -0.25) is 14.0 Å². The van der Waals surface area contributed by atoms with E-state index in [0.717, 1.165) is 16.9 Å². The van der Waals surface area contributed by atoms with E-state index < -0.39 is 10.8 Å². The van der Waals surface area contributed by atoms with Crippen molar-refractivity contribution in [3.05, 3.63) is 89.7 Å². The molecule has 0 saturated carbocycles. The average Bonchev–Trinajstić information content (AvgIpc) is 2.72. The molecule has 0 fully saturated rings. The lowest BCUT2D eigenvalue weighted by Crippen LogP contribution is -2.22. The van der Waals surface area contributed by atoms with Gasteiger partial charge in [0, 0.05) is 52.0 Å². The minimum Gasteiger partial charge on any atom is -0.489 e. The Balaban J connectivity index is 1.50. The largest absolute Gasteiger partial charge is 0.489 e. The predicted octanol–water partition coefficient (Wildman–Crippen LogP) is 3.33. The molecular formula is C21H20N2O3S. The summed E-state index contributed by atoms with van der Waals surface area (Å²) >= 11 is 0. The molecule has 3 rings (SSSR count). The molecule has 0 saturated heterocycles. The summed E-state index contributed by atoms with van der Waals surface area (Å²) in [7, 11) is -1.05. The van der Waals surface area contributed by atoms with Gasteiger partial charge in [0.05, 0.1) is 0 Å². The van der Waals surface area contributed by atoms with Gasteiger partial charge in [-0.1, -0.05) is 18.2 Å². The number of carbonyl (C=O) groups excluding carboxylic acids is 1. The number of nitrogens with zero attached hydrogens (tertiary/aromatic N) is 1. The van der Waals surface area contributed by atoms with E-state index in [1.165, 1.54) is 0 Å². The lowest BCUT2D eigenvalue weighted by Gasteiger charge is -2.08. The van der Waals surface area contributed by atoms with Gasteiger partial charge in [-0.05, 0) is 48.0 Å². The molecule has 1 aromatic heterocycles. The SMILES string of the molecule is CS(=O)c1ccc(C(=O)NCc2ccc(OCc3cccnc3)cc2)cc1. The molecule has 0 aliphatic heterocycles.